The summed E-state index contributed by atoms with van der Waals surface area (Å²) in [6.07, 6.45) is 0.358. The first-order chi connectivity index (χ1) is 14.2. The van der Waals surface area contributed by atoms with Crippen molar-refractivity contribution in [1.29, 1.82) is 0 Å². The molecule has 2 aliphatic rings. The summed E-state index contributed by atoms with van der Waals surface area (Å²) in [4.78, 5) is 1.17. The molecule has 0 spiro atoms. The number of halogens is 1. The summed E-state index contributed by atoms with van der Waals surface area (Å²) in [7, 11) is 3.31. The van der Waals surface area contributed by atoms with E-state index in [1.807, 2.05) is 47.5 Å². The zero-order valence-corrected chi connectivity index (χ0v) is 17.5. The molecule has 3 heterocycles. The Balaban J connectivity index is 1.65. The Bertz CT molecular complexity index is 1080. The largest absolute Gasteiger partial charge is 0.497 e. The van der Waals surface area contributed by atoms with Gasteiger partial charge in [-0.05, 0) is 47.8 Å². The maximum atomic E-state index is 6.42. The smallest absolute Gasteiger partial charge is 0.217 e. The summed E-state index contributed by atoms with van der Waals surface area (Å²) in [6.45, 7) is 0. The first kappa shape index (κ1) is 18.3. The monoisotopic (exact) mass is 426 g/mol. The number of nitrogens with zero attached hydrogens (tertiary/aromatic N) is 2. The third-order valence-corrected chi connectivity index (χ3v) is 6.41. The van der Waals surface area contributed by atoms with Crippen LogP contribution in [0.3, 0.4) is 0 Å². The average molecular weight is 427 g/mol. The van der Waals surface area contributed by atoms with Crippen molar-refractivity contribution in [2.45, 2.75) is 18.7 Å². The van der Waals surface area contributed by atoms with Gasteiger partial charge < -0.3 is 14.2 Å². The Morgan fingerprint density at radius 2 is 2.00 bits per heavy atom. The van der Waals surface area contributed by atoms with E-state index < -0.39 is 6.23 Å². The van der Waals surface area contributed by atoms with E-state index in [1.165, 1.54) is 4.88 Å². The SMILES string of the molecule is COc1ccc(OC)c([C@@H]2Oc3ccc(Cl)cc3[C@@H]3CC(c4cccs4)=NN32)c1. The number of benzene rings is 2. The molecule has 0 fully saturated rings. The summed E-state index contributed by atoms with van der Waals surface area (Å²) >= 11 is 7.99. The van der Waals surface area contributed by atoms with Crippen LogP contribution < -0.4 is 14.2 Å². The standard InChI is InChI=1S/C22H19ClN2O3S/c1-26-14-6-8-19(27-2)16(11-14)22-25-18(12-17(24-25)21-4-3-9-29-21)15-10-13(23)5-7-20(15)28-22/h3-11,18,22H,12H2,1-2H3/t18-,22-/m0/s1. The lowest BCUT2D eigenvalue weighted by atomic mass is 9.97. The maximum absolute atomic E-state index is 6.42. The third-order valence-electron chi connectivity index (χ3n) is 5.26. The normalized spacial score (nSPS) is 19.8. The average Bonchev–Trinajstić information content (AvgIpc) is 3.42. The van der Waals surface area contributed by atoms with Crippen LogP contribution >= 0.6 is 22.9 Å². The van der Waals surface area contributed by atoms with E-state index in [2.05, 4.69) is 11.4 Å². The van der Waals surface area contributed by atoms with Crippen LogP contribution in [-0.4, -0.2) is 24.9 Å². The van der Waals surface area contributed by atoms with Crippen molar-refractivity contribution in [3.63, 3.8) is 0 Å². The highest BCUT2D eigenvalue weighted by Crippen LogP contribution is 2.50. The van der Waals surface area contributed by atoms with Gasteiger partial charge >= 0.3 is 0 Å². The van der Waals surface area contributed by atoms with Gasteiger partial charge in [-0.1, -0.05) is 17.7 Å². The predicted molar refractivity (Wildman–Crippen MR) is 114 cm³/mol. The Morgan fingerprint density at radius 1 is 1.10 bits per heavy atom. The van der Waals surface area contributed by atoms with Crippen LogP contribution in [0.2, 0.25) is 5.02 Å². The van der Waals surface area contributed by atoms with E-state index in [0.29, 0.717) is 5.02 Å². The lowest BCUT2D eigenvalue weighted by Crippen LogP contribution is -2.34. The molecular weight excluding hydrogens is 408 g/mol. The van der Waals surface area contributed by atoms with Crippen LogP contribution in [0.15, 0.2) is 59.0 Å². The predicted octanol–water partition coefficient (Wildman–Crippen LogP) is 5.66. The number of ether oxygens (including phenoxy) is 3. The van der Waals surface area contributed by atoms with Gasteiger partial charge in [-0.3, -0.25) is 0 Å². The molecule has 0 N–H and O–H groups in total. The van der Waals surface area contributed by atoms with E-state index in [0.717, 1.165) is 40.5 Å². The summed E-state index contributed by atoms with van der Waals surface area (Å²) in [5.74, 6) is 2.28. The first-order valence-electron chi connectivity index (χ1n) is 9.25. The van der Waals surface area contributed by atoms with Gasteiger partial charge in [0, 0.05) is 17.0 Å². The molecule has 0 amide bonds. The summed E-state index contributed by atoms with van der Waals surface area (Å²) in [6, 6.07) is 15.6. The molecule has 0 radical (unpaired) electrons. The molecule has 5 nitrogen and oxygen atoms in total. The molecule has 1 aromatic heterocycles. The van der Waals surface area contributed by atoms with E-state index >= 15 is 0 Å². The van der Waals surface area contributed by atoms with Crippen molar-refractivity contribution < 1.29 is 14.2 Å². The van der Waals surface area contributed by atoms with Gasteiger partial charge in [0.05, 0.1) is 36.4 Å². The second-order valence-electron chi connectivity index (χ2n) is 6.88. The molecular formula is C22H19ClN2O3S. The molecule has 29 heavy (non-hydrogen) atoms. The zero-order valence-electron chi connectivity index (χ0n) is 16.0. The molecule has 5 rings (SSSR count). The number of rotatable bonds is 4. The lowest BCUT2D eigenvalue weighted by Gasteiger charge is -2.38. The fourth-order valence-electron chi connectivity index (χ4n) is 3.89. The Kier molecular flexibility index (Phi) is 4.60. The van der Waals surface area contributed by atoms with Crippen LogP contribution in [0.4, 0.5) is 0 Å². The fourth-order valence-corrected chi connectivity index (χ4v) is 4.79. The van der Waals surface area contributed by atoms with Crippen molar-refractivity contribution in [2.24, 2.45) is 5.10 Å². The lowest BCUT2D eigenvalue weighted by molar-refractivity contribution is -0.0204. The van der Waals surface area contributed by atoms with Crippen molar-refractivity contribution in [2.75, 3.05) is 14.2 Å². The molecule has 2 aliphatic heterocycles. The molecule has 7 heteroatoms. The molecule has 2 aromatic carbocycles. The third kappa shape index (κ3) is 3.12. The second kappa shape index (κ2) is 7.28. The second-order valence-corrected chi connectivity index (χ2v) is 8.27. The van der Waals surface area contributed by atoms with E-state index in [9.17, 15) is 0 Å². The number of hydrazone groups is 1. The van der Waals surface area contributed by atoms with Crippen LogP contribution in [0.1, 0.15) is 34.7 Å². The van der Waals surface area contributed by atoms with Crippen molar-refractivity contribution in [1.82, 2.24) is 5.01 Å². The minimum Gasteiger partial charge on any atom is -0.497 e. The minimum absolute atomic E-state index is 0.0375. The van der Waals surface area contributed by atoms with Gasteiger partial charge in [-0.2, -0.15) is 5.10 Å². The minimum atomic E-state index is -0.434. The van der Waals surface area contributed by atoms with E-state index in [1.54, 1.807) is 25.6 Å². The summed E-state index contributed by atoms with van der Waals surface area (Å²) < 4.78 is 17.5. The number of hydrogen-bond donors (Lipinski definition) is 0. The van der Waals surface area contributed by atoms with Crippen molar-refractivity contribution in [3.8, 4) is 17.2 Å². The topological polar surface area (TPSA) is 43.3 Å². The van der Waals surface area contributed by atoms with Crippen LogP contribution in [0, 0.1) is 0 Å². The van der Waals surface area contributed by atoms with Gasteiger partial charge in [0.2, 0.25) is 6.23 Å². The van der Waals surface area contributed by atoms with Gasteiger partial charge in [0.1, 0.15) is 17.2 Å². The first-order valence-corrected chi connectivity index (χ1v) is 10.5. The Hall–Kier alpha value is -2.70. The molecule has 0 unspecified atom stereocenters. The van der Waals surface area contributed by atoms with Gasteiger partial charge in [-0.15, -0.1) is 11.3 Å². The molecule has 0 bridgehead atoms. The van der Waals surface area contributed by atoms with Gasteiger partial charge in [0.15, 0.2) is 0 Å². The highest BCUT2D eigenvalue weighted by atomic mass is 35.5. The Morgan fingerprint density at radius 3 is 2.76 bits per heavy atom. The Labute approximate surface area is 178 Å². The quantitative estimate of drug-likeness (QED) is 0.539. The fraction of sp³-hybridized carbons (Fsp3) is 0.227. The summed E-state index contributed by atoms with van der Waals surface area (Å²) in [5.41, 5.74) is 2.97. The molecule has 0 saturated heterocycles. The molecule has 0 saturated carbocycles. The number of hydrogen-bond acceptors (Lipinski definition) is 6. The molecule has 0 aliphatic carbocycles. The highest BCUT2D eigenvalue weighted by Gasteiger charge is 2.42. The maximum Gasteiger partial charge on any atom is 0.217 e. The number of fused-ring (bicyclic) bond motifs is 3. The number of thiophene rings is 1. The summed E-state index contributed by atoms with van der Waals surface area (Å²) in [5, 5.41) is 9.74. The van der Waals surface area contributed by atoms with Crippen LogP contribution in [0.25, 0.3) is 0 Å². The van der Waals surface area contributed by atoms with Gasteiger partial charge in [0.25, 0.3) is 0 Å². The van der Waals surface area contributed by atoms with Crippen LogP contribution in [-0.2, 0) is 0 Å². The van der Waals surface area contributed by atoms with Crippen molar-refractivity contribution >= 4 is 28.6 Å². The molecule has 3 aromatic rings. The van der Waals surface area contributed by atoms with Gasteiger partial charge in [-0.25, -0.2) is 5.01 Å². The zero-order chi connectivity index (χ0) is 20.0. The molecule has 2 atom stereocenters. The molecule has 148 valence electrons. The van der Waals surface area contributed by atoms with Crippen molar-refractivity contribution in [3.05, 3.63) is 74.9 Å². The highest BCUT2D eigenvalue weighted by molar-refractivity contribution is 7.12. The van der Waals surface area contributed by atoms with E-state index in [-0.39, 0.29) is 6.04 Å². The van der Waals surface area contributed by atoms with Crippen LogP contribution in [0.5, 0.6) is 17.2 Å². The number of methoxy groups -OCH3 is 2. The van der Waals surface area contributed by atoms with E-state index in [4.69, 9.17) is 30.9 Å².